The van der Waals surface area contributed by atoms with Crippen LogP contribution in [0.25, 0.3) is 0 Å². The summed E-state index contributed by atoms with van der Waals surface area (Å²) in [5, 5.41) is 28.2. The molecular formula is C44H56N4O8. The molecule has 6 aliphatic heterocycles. The number of fused-ring (bicyclic) bond motifs is 6. The van der Waals surface area contributed by atoms with Gasteiger partial charge in [-0.25, -0.2) is 0 Å². The fourth-order valence-corrected chi connectivity index (χ4v) is 13.5. The zero-order chi connectivity index (χ0) is 39.4. The summed E-state index contributed by atoms with van der Waals surface area (Å²) in [4.78, 5) is 49.1. The van der Waals surface area contributed by atoms with Gasteiger partial charge in [-0.1, -0.05) is 44.2 Å². The molecule has 4 fully saturated rings. The maximum Gasteiger partial charge on any atom is 0.318 e. The molecule has 12 heteroatoms. The predicted molar refractivity (Wildman–Crippen MR) is 210 cm³/mol. The minimum Gasteiger partial charge on any atom is -0.496 e. The molecule has 5 unspecified atom stereocenters. The van der Waals surface area contributed by atoms with Crippen LogP contribution in [0.2, 0.25) is 0 Å². The van der Waals surface area contributed by atoms with Gasteiger partial charge in [0.25, 0.3) is 0 Å². The first-order chi connectivity index (χ1) is 27.0. The number of aliphatic hydroxyl groups is 2. The van der Waals surface area contributed by atoms with Crippen molar-refractivity contribution >= 4 is 29.7 Å². The molecule has 300 valence electrons. The van der Waals surface area contributed by atoms with E-state index in [-0.39, 0.29) is 23.8 Å². The molecule has 1 spiro atoms. The topological polar surface area (TPSA) is 141 Å². The number of methoxy groups -OCH3 is 3. The zero-order valence-electron chi connectivity index (χ0n) is 33.2. The van der Waals surface area contributed by atoms with E-state index in [1.165, 1.54) is 14.2 Å². The van der Waals surface area contributed by atoms with Gasteiger partial charge in [-0.05, 0) is 80.8 Å². The highest BCUT2D eigenvalue weighted by atomic mass is 16.5. The second kappa shape index (κ2) is 13.3. The highest BCUT2D eigenvalue weighted by Crippen LogP contribution is 2.67. The third-order valence-electron chi connectivity index (χ3n) is 15.7. The summed E-state index contributed by atoms with van der Waals surface area (Å²) in [6.45, 7) is 7.58. The normalized spacial score (nSPS) is 40.4. The monoisotopic (exact) mass is 768 g/mol. The Morgan fingerprint density at radius 1 is 1.04 bits per heavy atom. The number of benzene rings is 2. The van der Waals surface area contributed by atoms with Crippen LogP contribution >= 0.6 is 0 Å². The summed E-state index contributed by atoms with van der Waals surface area (Å²) >= 11 is 0. The second-order valence-corrected chi connectivity index (χ2v) is 17.7. The minimum atomic E-state index is -1.30. The number of rotatable bonds is 7. The van der Waals surface area contributed by atoms with Crippen LogP contribution in [-0.2, 0) is 34.7 Å². The Labute approximate surface area is 329 Å². The first kappa shape index (κ1) is 37.6. The van der Waals surface area contributed by atoms with Gasteiger partial charge in [0.1, 0.15) is 17.1 Å². The number of aliphatic hydroxyl groups excluding tert-OH is 1. The number of carbonyl (C=O) groups is 3. The maximum absolute atomic E-state index is 15.3. The van der Waals surface area contributed by atoms with Gasteiger partial charge in [0.15, 0.2) is 0 Å². The molecule has 3 saturated heterocycles. The molecule has 12 atom stereocenters. The van der Waals surface area contributed by atoms with Crippen molar-refractivity contribution in [1.29, 1.82) is 0 Å². The first-order valence-corrected chi connectivity index (χ1v) is 20.5. The molecule has 9 rings (SSSR count). The lowest BCUT2D eigenvalue weighted by Crippen LogP contribution is -2.73. The Morgan fingerprint density at radius 2 is 1.84 bits per heavy atom. The van der Waals surface area contributed by atoms with Gasteiger partial charge >= 0.3 is 11.9 Å². The van der Waals surface area contributed by atoms with E-state index in [0.717, 1.165) is 42.7 Å². The van der Waals surface area contributed by atoms with E-state index in [4.69, 9.17) is 14.2 Å². The van der Waals surface area contributed by atoms with Crippen molar-refractivity contribution in [2.45, 2.75) is 99.0 Å². The predicted octanol–water partition coefficient (Wildman–Crippen LogP) is 3.73. The van der Waals surface area contributed by atoms with Crippen molar-refractivity contribution in [2.75, 3.05) is 64.3 Å². The highest BCUT2D eigenvalue weighted by molar-refractivity contribution is 5.92. The summed E-state index contributed by atoms with van der Waals surface area (Å²) in [5.41, 5.74) is 0.515. The van der Waals surface area contributed by atoms with Gasteiger partial charge in [0, 0.05) is 59.7 Å². The van der Waals surface area contributed by atoms with Crippen LogP contribution < -0.4 is 15.0 Å². The van der Waals surface area contributed by atoms with E-state index in [0.29, 0.717) is 68.7 Å². The van der Waals surface area contributed by atoms with Crippen LogP contribution in [0.3, 0.4) is 0 Å². The molecule has 56 heavy (non-hydrogen) atoms. The average molecular weight is 769 g/mol. The quantitative estimate of drug-likeness (QED) is 0.216. The van der Waals surface area contributed by atoms with Crippen LogP contribution in [0.15, 0.2) is 48.6 Å². The molecule has 3 N–H and O–H groups in total. The molecule has 12 nitrogen and oxygen atoms in total. The SMILES string of the molecule is CC[C@]1(O)CC2CN(CCC3c4ccccc4NC3[C@@](C(=O)OC)(c3cc4c(cc3OC)N(C=O)[C@H]3[C@H](C(=O)OC)[C@H](O)[C@@]5(CC)C=CCN6CCC43[C@H]65)C2)C1. The molecule has 6 heterocycles. The standard InChI is InChI=1S/C44H56N4O8/c1-6-41(53)21-26-22-44(40(52)56-5,35-28(13-17-46(23-26)24-41)27-11-8-9-12-31(27)45-35)30-19-29-32(20-33(30)54-3)48(25-49)36-34(38(51)55-4)37(50)42(7-2)14-10-16-47-18-15-43(29,36)39(42)47/h8-12,14,19-20,25-26,28,34-37,39,45,50,53H,6-7,13,15-18,21-24H2,1-5H3/t26?,28?,34-,35?,36-,37-,39+,41-,42+,43?,44-/m0/s1. The van der Waals surface area contributed by atoms with Gasteiger partial charge in [-0.3, -0.25) is 19.3 Å². The Bertz CT molecular complexity index is 1970. The van der Waals surface area contributed by atoms with Crippen molar-refractivity contribution in [3.8, 4) is 5.75 Å². The zero-order valence-corrected chi connectivity index (χ0v) is 33.2. The largest absolute Gasteiger partial charge is 0.496 e. The first-order valence-electron chi connectivity index (χ1n) is 20.5. The number of hydrogen-bond donors (Lipinski definition) is 3. The Kier molecular flexibility index (Phi) is 8.92. The number of nitrogens with one attached hydrogen (secondary N) is 1. The second-order valence-electron chi connectivity index (χ2n) is 17.7. The van der Waals surface area contributed by atoms with Crippen LogP contribution in [0.1, 0.15) is 75.0 Å². The lowest BCUT2D eigenvalue weighted by atomic mass is 9.49. The fourth-order valence-electron chi connectivity index (χ4n) is 13.5. The van der Waals surface area contributed by atoms with Gasteiger partial charge in [-0.15, -0.1) is 0 Å². The van der Waals surface area contributed by atoms with Gasteiger partial charge in [0.2, 0.25) is 6.41 Å². The van der Waals surface area contributed by atoms with Crippen molar-refractivity contribution in [2.24, 2.45) is 17.3 Å². The van der Waals surface area contributed by atoms with E-state index in [9.17, 15) is 19.8 Å². The lowest BCUT2D eigenvalue weighted by Gasteiger charge is -2.60. The summed E-state index contributed by atoms with van der Waals surface area (Å²) in [7, 11) is 4.38. The summed E-state index contributed by atoms with van der Waals surface area (Å²) in [6, 6.07) is 10.9. The molecule has 1 aliphatic carbocycles. The van der Waals surface area contributed by atoms with Gasteiger partial charge in [-0.2, -0.15) is 0 Å². The van der Waals surface area contributed by atoms with E-state index >= 15 is 4.79 Å². The Hall–Kier alpha value is -3.97. The molecule has 2 aromatic carbocycles. The number of esters is 2. The molecule has 0 radical (unpaired) electrons. The molecule has 2 bridgehead atoms. The van der Waals surface area contributed by atoms with Crippen LogP contribution in [0.4, 0.5) is 11.4 Å². The van der Waals surface area contributed by atoms with E-state index < -0.39 is 51.9 Å². The van der Waals surface area contributed by atoms with Gasteiger partial charge in [0.05, 0.1) is 50.8 Å². The number of carbonyl (C=O) groups excluding carboxylic acids is 3. The minimum absolute atomic E-state index is 0.0564. The van der Waals surface area contributed by atoms with Crippen molar-refractivity contribution < 1.29 is 38.8 Å². The number of ether oxygens (including phenoxy) is 3. The molecule has 1 saturated carbocycles. The Balaban J connectivity index is 1.33. The third kappa shape index (κ3) is 4.82. The number of piperidine rings is 1. The van der Waals surface area contributed by atoms with E-state index in [1.54, 1.807) is 12.0 Å². The number of anilines is 2. The molecular weight excluding hydrogens is 713 g/mol. The van der Waals surface area contributed by atoms with Gasteiger partial charge < -0.3 is 39.5 Å². The van der Waals surface area contributed by atoms with Crippen LogP contribution in [0.5, 0.6) is 5.75 Å². The highest BCUT2D eigenvalue weighted by Gasteiger charge is 2.74. The fraction of sp³-hybridized carbons (Fsp3) is 0.614. The molecule has 0 aromatic heterocycles. The number of amides is 1. The van der Waals surface area contributed by atoms with Crippen molar-refractivity contribution in [3.05, 3.63) is 65.2 Å². The summed E-state index contributed by atoms with van der Waals surface area (Å²) < 4.78 is 17.7. The third-order valence-corrected chi connectivity index (χ3v) is 15.7. The number of nitrogens with zero attached hydrogens (tertiary/aromatic N) is 3. The van der Waals surface area contributed by atoms with Crippen molar-refractivity contribution in [3.63, 3.8) is 0 Å². The maximum atomic E-state index is 15.3. The summed E-state index contributed by atoms with van der Waals surface area (Å²) in [6.07, 6.45) is 7.39. The molecule has 2 aromatic rings. The van der Waals surface area contributed by atoms with Crippen molar-refractivity contribution in [1.82, 2.24) is 9.80 Å². The van der Waals surface area contributed by atoms with E-state index in [1.807, 2.05) is 25.1 Å². The lowest BCUT2D eigenvalue weighted by molar-refractivity contribution is -0.167. The van der Waals surface area contributed by atoms with E-state index in [2.05, 4.69) is 52.4 Å². The average Bonchev–Trinajstić information content (AvgIpc) is 3.89. The summed E-state index contributed by atoms with van der Waals surface area (Å²) in [5.74, 6) is -1.64. The molecule has 1 amide bonds. The number of para-hydroxylation sites is 1. The molecule has 7 aliphatic rings. The van der Waals surface area contributed by atoms with Crippen LogP contribution in [0, 0.1) is 17.3 Å². The Morgan fingerprint density at radius 3 is 2.55 bits per heavy atom. The number of hydrogen-bond acceptors (Lipinski definition) is 11. The van der Waals surface area contributed by atoms with Crippen LogP contribution in [-0.4, -0.2) is 122 Å². The smallest absolute Gasteiger partial charge is 0.318 e.